The van der Waals surface area contributed by atoms with Crippen LogP contribution in [0.4, 0.5) is 0 Å². The van der Waals surface area contributed by atoms with Crippen LogP contribution in [0.5, 0.6) is 0 Å². The van der Waals surface area contributed by atoms with Gasteiger partial charge in [-0.15, -0.1) is 0 Å². The number of hydrogen-bond donors (Lipinski definition) is 2. The molecule has 21 heavy (non-hydrogen) atoms. The minimum atomic E-state index is -1.04. The van der Waals surface area contributed by atoms with Gasteiger partial charge in [0.2, 0.25) is 5.91 Å². The zero-order chi connectivity index (χ0) is 16.0. The van der Waals surface area contributed by atoms with E-state index in [1.54, 1.807) is 0 Å². The highest BCUT2D eigenvalue weighted by Crippen LogP contribution is 2.51. The van der Waals surface area contributed by atoms with Crippen LogP contribution in [0.1, 0.15) is 40.5 Å². The first-order valence-corrected chi connectivity index (χ1v) is 7.61. The molecule has 2 fully saturated rings. The standard InChI is InChI=1S/C15H26N2O4/c1-5-21-10-8-15(16,14(10,3)4)13(20)17-7-6-9(2)11(17)12(18)19/h9-11H,5-8,16H2,1-4H3,(H,18,19). The van der Waals surface area contributed by atoms with Gasteiger partial charge in [0, 0.05) is 25.0 Å². The number of nitrogens with zero attached hydrogens (tertiary/aromatic N) is 1. The summed E-state index contributed by atoms with van der Waals surface area (Å²) in [5, 5.41) is 9.37. The number of likely N-dealkylation sites (tertiary alicyclic amines) is 1. The third kappa shape index (κ3) is 2.25. The van der Waals surface area contributed by atoms with Gasteiger partial charge in [0.1, 0.15) is 11.6 Å². The summed E-state index contributed by atoms with van der Waals surface area (Å²) in [6, 6.07) is -0.764. The second-order valence-corrected chi connectivity index (χ2v) is 6.89. The van der Waals surface area contributed by atoms with Crippen molar-refractivity contribution in [1.82, 2.24) is 4.90 Å². The molecule has 0 radical (unpaired) electrons. The summed E-state index contributed by atoms with van der Waals surface area (Å²) in [6.45, 7) is 8.66. The van der Waals surface area contributed by atoms with Gasteiger partial charge >= 0.3 is 5.97 Å². The summed E-state index contributed by atoms with van der Waals surface area (Å²) in [6.07, 6.45) is 1.10. The number of aliphatic carboxylic acids is 1. The number of carbonyl (C=O) groups is 2. The number of carboxylic acid groups (broad SMARTS) is 1. The highest BCUT2D eigenvalue weighted by Gasteiger charge is 2.64. The summed E-state index contributed by atoms with van der Waals surface area (Å²) < 4.78 is 5.63. The number of nitrogens with two attached hydrogens (primary N) is 1. The third-order valence-corrected chi connectivity index (χ3v) is 5.43. The Hall–Kier alpha value is -1.14. The van der Waals surface area contributed by atoms with E-state index in [1.165, 1.54) is 4.90 Å². The van der Waals surface area contributed by atoms with Crippen molar-refractivity contribution >= 4 is 11.9 Å². The molecule has 1 aliphatic carbocycles. The Morgan fingerprint density at radius 3 is 2.52 bits per heavy atom. The molecular formula is C15H26N2O4. The second-order valence-electron chi connectivity index (χ2n) is 6.89. The first-order valence-electron chi connectivity index (χ1n) is 7.61. The molecule has 6 heteroatoms. The number of carbonyl (C=O) groups excluding carboxylic acids is 1. The van der Waals surface area contributed by atoms with E-state index in [-0.39, 0.29) is 17.9 Å². The van der Waals surface area contributed by atoms with Gasteiger partial charge in [-0.25, -0.2) is 4.79 Å². The Labute approximate surface area is 125 Å². The number of carboxylic acids is 1. The SMILES string of the molecule is CCOC1CC(N)(C(=O)N2CCC(C)C2C(=O)O)C1(C)C. The summed E-state index contributed by atoms with van der Waals surface area (Å²) in [4.78, 5) is 25.7. The van der Waals surface area contributed by atoms with E-state index in [2.05, 4.69) is 0 Å². The molecule has 0 bridgehead atoms. The van der Waals surface area contributed by atoms with Crippen LogP contribution in [0.2, 0.25) is 0 Å². The van der Waals surface area contributed by atoms with Crippen LogP contribution in [0.25, 0.3) is 0 Å². The Morgan fingerprint density at radius 1 is 1.43 bits per heavy atom. The zero-order valence-electron chi connectivity index (χ0n) is 13.3. The third-order valence-electron chi connectivity index (χ3n) is 5.43. The van der Waals surface area contributed by atoms with Crippen molar-refractivity contribution in [2.45, 2.75) is 58.2 Å². The predicted molar refractivity (Wildman–Crippen MR) is 77.6 cm³/mol. The van der Waals surface area contributed by atoms with Crippen LogP contribution in [-0.2, 0) is 14.3 Å². The molecule has 0 aromatic heterocycles. The normalized spacial score (nSPS) is 38.1. The van der Waals surface area contributed by atoms with Crippen molar-refractivity contribution < 1.29 is 19.4 Å². The first-order chi connectivity index (χ1) is 9.66. The van der Waals surface area contributed by atoms with Crippen LogP contribution >= 0.6 is 0 Å². The molecule has 2 aliphatic rings. The molecule has 1 saturated heterocycles. The molecule has 120 valence electrons. The lowest BCUT2D eigenvalue weighted by Gasteiger charge is -2.58. The molecule has 1 heterocycles. The lowest BCUT2D eigenvalue weighted by atomic mass is 9.54. The second kappa shape index (κ2) is 5.25. The highest BCUT2D eigenvalue weighted by molar-refractivity contribution is 5.92. The van der Waals surface area contributed by atoms with E-state index >= 15 is 0 Å². The van der Waals surface area contributed by atoms with E-state index in [9.17, 15) is 14.7 Å². The van der Waals surface area contributed by atoms with Crippen LogP contribution < -0.4 is 5.73 Å². The number of hydrogen-bond acceptors (Lipinski definition) is 4. The maximum atomic E-state index is 12.9. The number of ether oxygens (including phenoxy) is 1. The molecule has 2 rings (SSSR count). The number of rotatable bonds is 4. The Bertz CT molecular complexity index is 451. The molecular weight excluding hydrogens is 272 g/mol. The Morgan fingerprint density at radius 2 is 2.05 bits per heavy atom. The van der Waals surface area contributed by atoms with E-state index in [1.807, 2.05) is 27.7 Å². The molecule has 0 aromatic rings. The van der Waals surface area contributed by atoms with Crippen LogP contribution in [0.3, 0.4) is 0 Å². The smallest absolute Gasteiger partial charge is 0.326 e. The molecule has 6 nitrogen and oxygen atoms in total. The van der Waals surface area contributed by atoms with Gasteiger partial charge in [0.15, 0.2) is 0 Å². The van der Waals surface area contributed by atoms with Gasteiger partial charge in [0.05, 0.1) is 6.10 Å². The molecule has 1 aliphatic heterocycles. The summed E-state index contributed by atoms with van der Waals surface area (Å²) in [5.74, 6) is -1.24. The molecule has 1 saturated carbocycles. The minimum absolute atomic E-state index is 0.0408. The minimum Gasteiger partial charge on any atom is -0.480 e. The molecule has 4 atom stereocenters. The fourth-order valence-corrected chi connectivity index (χ4v) is 3.61. The summed E-state index contributed by atoms with van der Waals surface area (Å²) >= 11 is 0. The molecule has 0 aromatic carbocycles. The van der Waals surface area contributed by atoms with Crippen molar-refractivity contribution in [1.29, 1.82) is 0 Å². The summed E-state index contributed by atoms with van der Waals surface area (Å²) in [7, 11) is 0. The predicted octanol–water partition coefficient (Wildman–Crippen LogP) is 0.841. The fraction of sp³-hybridized carbons (Fsp3) is 0.867. The topological polar surface area (TPSA) is 92.9 Å². The van der Waals surface area contributed by atoms with Crippen LogP contribution in [0, 0.1) is 11.3 Å². The van der Waals surface area contributed by atoms with Crippen molar-refractivity contribution in [3.63, 3.8) is 0 Å². The van der Waals surface area contributed by atoms with E-state index in [0.29, 0.717) is 26.0 Å². The van der Waals surface area contributed by atoms with Gasteiger partial charge in [-0.3, -0.25) is 4.79 Å². The van der Waals surface area contributed by atoms with Gasteiger partial charge < -0.3 is 20.5 Å². The Kier molecular flexibility index (Phi) is 4.06. The zero-order valence-corrected chi connectivity index (χ0v) is 13.3. The van der Waals surface area contributed by atoms with Crippen molar-refractivity contribution in [3.05, 3.63) is 0 Å². The van der Waals surface area contributed by atoms with Crippen LogP contribution in [-0.4, -0.2) is 52.7 Å². The largest absolute Gasteiger partial charge is 0.480 e. The Balaban J connectivity index is 2.19. The average Bonchev–Trinajstić information content (AvgIpc) is 2.79. The lowest BCUT2D eigenvalue weighted by Crippen LogP contribution is -2.76. The van der Waals surface area contributed by atoms with E-state index < -0.39 is 23.0 Å². The monoisotopic (exact) mass is 298 g/mol. The maximum Gasteiger partial charge on any atom is 0.326 e. The molecule has 3 N–H and O–H groups in total. The van der Waals surface area contributed by atoms with Crippen LogP contribution in [0.15, 0.2) is 0 Å². The van der Waals surface area contributed by atoms with Gasteiger partial charge in [-0.2, -0.15) is 0 Å². The van der Waals surface area contributed by atoms with Gasteiger partial charge in [-0.1, -0.05) is 20.8 Å². The quantitative estimate of drug-likeness (QED) is 0.802. The van der Waals surface area contributed by atoms with Gasteiger partial charge in [-0.05, 0) is 19.3 Å². The maximum absolute atomic E-state index is 12.9. The lowest BCUT2D eigenvalue weighted by molar-refractivity contribution is -0.182. The van der Waals surface area contributed by atoms with Gasteiger partial charge in [0.25, 0.3) is 0 Å². The molecule has 1 amide bonds. The van der Waals surface area contributed by atoms with Crippen molar-refractivity contribution in [2.24, 2.45) is 17.1 Å². The highest BCUT2D eigenvalue weighted by atomic mass is 16.5. The first kappa shape index (κ1) is 16.2. The van der Waals surface area contributed by atoms with E-state index in [4.69, 9.17) is 10.5 Å². The fourth-order valence-electron chi connectivity index (χ4n) is 3.61. The molecule has 0 spiro atoms. The average molecular weight is 298 g/mol. The molecule has 4 unspecified atom stereocenters. The van der Waals surface area contributed by atoms with Crippen molar-refractivity contribution in [3.8, 4) is 0 Å². The van der Waals surface area contributed by atoms with E-state index in [0.717, 1.165) is 0 Å². The number of amides is 1. The summed E-state index contributed by atoms with van der Waals surface area (Å²) in [5.41, 5.74) is 4.84. The van der Waals surface area contributed by atoms with Crippen molar-refractivity contribution in [2.75, 3.05) is 13.2 Å².